The SMILES string of the molecule is C[C@@H]1CCCN1c1ccccn1. The molecule has 0 radical (unpaired) electrons. The fourth-order valence-electron chi connectivity index (χ4n) is 1.80. The Balaban J connectivity index is 2.19. The van der Waals surface area contributed by atoms with Gasteiger partial charge in [0.05, 0.1) is 0 Å². The summed E-state index contributed by atoms with van der Waals surface area (Å²) in [7, 11) is 0. The molecule has 1 atom stereocenters. The van der Waals surface area contributed by atoms with Crippen molar-refractivity contribution in [2.45, 2.75) is 25.8 Å². The average Bonchev–Trinajstić information content (AvgIpc) is 2.53. The van der Waals surface area contributed by atoms with Gasteiger partial charge in [0.25, 0.3) is 0 Å². The van der Waals surface area contributed by atoms with Crippen molar-refractivity contribution in [3.05, 3.63) is 24.4 Å². The van der Waals surface area contributed by atoms with Gasteiger partial charge in [-0.2, -0.15) is 0 Å². The zero-order valence-corrected chi connectivity index (χ0v) is 7.40. The summed E-state index contributed by atoms with van der Waals surface area (Å²) in [5.74, 6) is 1.13. The zero-order chi connectivity index (χ0) is 8.39. The third-order valence-corrected chi connectivity index (χ3v) is 2.50. The van der Waals surface area contributed by atoms with Crippen LogP contribution in [0.2, 0.25) is 0 Å². The molecule has 0 bridgehead atoms. The molecule has 0 unspecified atom stereocenters. The van der Waals surface area contributed by atoms with E-state index in [4.69, 9.17) is 0 Å². The topological polar surface area (TPSA) is 16.1 Å². The summed E-state index contributed by atoms with van der Waals surface area (Å²) in [5, 5.41) is 0. The van der Waals surface area contributed by atoms with Crippen molar-refractivity contribution in [2.75, 3.05) is 11.4 Å². The Hall–Kier alpha value is -1.05. The van der Waals surface area contributed by atoms with Crippen molar-refractivity contribution in [1.82, 2.24) is 4.98 Å². The van der Waals surface area contributed by atoms with Crippen molar-refractivity contribution < 1.29 is 0 Å². The van der Waals surface area contributed by atoms with E-state index >= 15 is 0 Å². The fourth-order valence-corrected chi connectivity index (χ4v) is 1.80. The number of aromatic nitrogens is 1. The molecule has 1 aromatic rings. The van der Waals surface area contributed by atoms with Crippen LogP contribution < -0.4 is 4.90 Å². The lowest BCUT2D eigenvalue weighted by Gasteiger charge is -2.21. The van der Waals surface area contributed by atoms with Crippen LogP contribution in [0.1, 0.15) is 19.8 Å². The Morgan fingerprint density at radius 1 is 1.50 bits per heavy atom. The van der Waals surface area contributed by atoms with E-state index in [-0.39, 0.29) is 0 Å². The van der Waals surface area contributed by atoms with Crippen LogP contribution in [0.25, 0.3) is 0 Å². The number of hydrogen-bond donors (Lipinski definition) is 0. The maximum Gasteiger partial charge on any atom is 0.128 e. The van der Waals surface area contributed by atoms with Crippen molar-refractivity contribution in [1.29, 1.82) is 0 Å². The zero-order valence-electron chi connectivity index (χ0n) is 7.40. The van der Waals surface area contributed by atoms with Crippen LogP contribution in [0.4, 0.5) is 5.82 Å². The van der Waals surface area contributed by atoms with Gasteiger partial charge in [-0.1, -0.05) is 6.07 Å². The van der Waals surface area contributed by atoms with Gasteiger partial charge in [-0.15, -0.1) is 0 Å². The van der Waals surface area contributed by atoms with Crippen LogP contribution in [0.3, 0.4) is 0 Å². The van der Waals surface area contributed by atoms with Crippen LogP contribution in [0.5, 0.6) is 0 Å². The van der Waals surface area contributed by atoms with Crippen molar-refractivity contribution in [3.63, 3.8) is 0 Å². The normalized spacial score (nSPS) is 23.1. The molecular formula is C10H14N2. The molecule has 2 nitrogen and oxygen atoms in total. The largest absolute Gasteiger partial charge is 0.354 e. The van der Waals surface area contributed by atoms with Crippen LogP contribution >= 0.6 is 0 Å². The minimum Gasteiger partial charge on any atom is -0.354 e. The van der Waals surface area contributed by atoms with Gasteiger partial charge in [0.1, 0.15) is 5.82 Å². The highest BCUT2D eigenvalue weighted by atomic mass is 15.2. The van der Waals surface area contributed by atoms with Gasteiger partial charge in [0.2, 0.25) is 0 Å². The standard InChI is InChI=1S/C10H14N2/c1-9-5-4-8-12(9)10-6-2-3-7-11-10/h2-3,6-7,9H,4-5,8H2,1H3/t9-/m1/s1. The molecule has 1 fully saturated rings. The molecule has 0 aromatic carbocycles. The maximum atomic E-state index is 4.34. The summed E-state index contributed by atoms with van der Waals surface area (Å²) in [4.78, 5) is 6.71. The highest BCUT2D eigenvalue weighted by molar-refractivity contribution is 5.39. The fraction of sp³-hybridized carbons (Fsp3) is 0.500. The van der Waals surface area contributed by atoms with Crippen molar-refractivity contribution in [3.8, 4) is 0 Å². The van der Waals surface area contributed by atoms with E-state index in [1.54, 1.807) is 0 Å². The predicted molar refractivity (Wildman–Crippen MR) is 50.3 cm³/mol. The van der Waals surface area contributed by atoms with E-state index in [2.05, 4.69) is 22.9 Å². The molecule has 1 aromatic heterocycles. The third kappa shape index (κ3) is 1.29. The minimum absolute atomic E-state index is 0.667. The highest BCUT2D eigenvalue weighted by Crippen LogP contribution is 2.22. The Labute approximate surface area is 73.2 Å². The molecule has 0 spiro atoms. The molecule has 0 saturated carbocycles. The maximum absolute atomic E-state index is 4.34. The monoisotopic (exact) mass is 162 g/mol. The number of hydrogen-bond acceptors (Lipinski definition) is 2. The van der Waals surface area contributed by atoms with Crippen LogP contribution in [-0.2, 0) is 0 Å². The lowest BCUT2D eigenvalue weighted by molar-refractivity contribution is 0.727. The predicted octanol–water partition coefficient (Wildman–Crippen LogP) is 2.07. The van der Waals surface area contributed by atoms with Crippen molar-refractivity contribution in [2.24, 2.45) is 0 Å². The lowest BCUT2D eigenvalue weighted by Crippen LogP contribution is -2.26. The third-order valence-electron chi connectivity index (χ3n) is 2.50. The summed E-state index contributed by atoms with van der Waals surface area (Å²) in [6.45, 7) is 3.43. The second-order valence-corrected chi connectivity index (χ2v) is 3.37. The first-order valence-electron chi connectivity index (χ1n) is 4.55. The van der Waals surface area contributed by atoms with Gasteiger partial charge in [-0.25, -0.2) is 4.98 Å². The molecule has 64 valence electrons. The summed E-state index contributed by atoms with van der Waals surface area (Å²) in [5.41, 5.74) is 0. The van der Waals surface area contributed by atoms with E-state index < -0.39 is 0 Å². The minimum atomic E-state index is 0.667. The van der Waals surface area contributed by atoms with Gasteiger partial charge < -0.3 is 4.90 Å². The Morgan fingerprint density at radius 2 is 2.42 bits per heavy atom. The van der Waals surface area contributed by atoms with Crippen LogP contribution in [0, 0.1) is 0 Å². The van der Waals surface area contributed by atoms with Gasteiger partial charge in [0.15, 0.2) is 0 Å². The molecule has 2 rings (SSSR count). The van der Waals surface area contributed by atoms with E-state index in [0.717, 1.165) is 12.4 Å². The second kappa shape index (κ2) is 3.13. The van der Waals surface area contributed by atoms with Gasteiger partial charge >= 0.3 is 0 Å². The molecule has 1 saturated heterocycles. The first-order valence-corrected chi connectivity index (χ1v) is 4.55. The smallest absolute Gasteiger partial charge is 0.128 e. The van der Waals surface area contributed by atoms with E-state index in [1.807, 2.05) is 18.3 Å². The van der Waals surface area contributed by atoms with E-state index in [1.165, 1.54) is 12.8 Å². The summed E-state index contributed by atoms with van der Waals surface area (Å²) in [6.07, 6.45) is 4.47. The van der Waals surface area contributed by atoms with E-state index in [0.29, 0.717) is 6.04 Å². The summed E-state index contributed by atoms with van der Waals surface area (Å²) in [6, 6.07) is 6.76. The second-order valence-electron chi connectivity index (χ2n) is 3.37. The van der Waals surface area contributed by atoms with Gasteiger partial charge in [-0.3, -0.25) is 0 Å². The number of rotatable bonds is 1. The summed E-state index contributed by atoms with van der Waals surface area (Å²) >= 11 is 0. The molecule has 0 amide bonds. The summed E-state index contributed by atoms with van der Waals surface area (Å²) < 4.78 is 0. The first kappa shape index (κ1) is 7.59. The number of pyridine rings is 1. The lowest BCUT2D eigenvalue weighted by atomic mass is 10.2. The molecule has 0 aliphatic carbocycles. The first-order chi connectivity index (χ1) is 5.88. The average molecular weight is 162 g/mol. The number of nitrogens with zero attached hydrogens (tertiary/aromatic N) is 2. The molecule has 1 aliphatic rings. The molecule has 2 heterocycles. The highest BCUT2D eigenvalue weighted by Gasteiger charge is 2.20. The Morgan fingerprint density at radius 3 is 3.00 bits per heavy atom. The van der Waals surface area contributed by atoms with E-state index in [9.17, 15) is 0 Å². The molecule has 12 heavy (non-hydrogen) atoms. The Kier molecular flexibility index (Phi) is 1.98. The quantitative estimate of drug-likeness (QED) is 0.628. The molecule has 0 N–H and O–H groups in total. The Bertz CT molecular complexity index is 245. The van der Waals surface area contributed by atoms with Crippen LogP contribution in [-0.4, -0.2) is 17.6 Å². The molecular weight excluding hydrogens is 148 g/mol. The van der Waals surface area contributed by atoms with Crippen LogP contribution in [0.15, 0.2) is 24.4 Å². The molecule has 1 aliphatic heterocycles. The number of anilines is 1. The van der Waals surface area contributed by atoms with Crippen molar-refractivity contribution >= 4 is 5.82 Å². The van der Waals surface area contributed by atoms with Gasteiger partial charge in [-0.05, 0) is 31.9 Å². The molecule has 2 heteroatoms. The van der Waals surface area contributed by atoms with Gasteiger partial charge in [0, 0.05) is 18.8 Å².